The Morgan fingerprint density at radius 2 is 1.19 bits per heavy atom. The third-order valence-corrected chi connectivity index (χ3v) is 4.13. The summed E-state index contributed by atoms with van der Waals surface area (Å²) in [5.74, 6) is 0. The van der Waals surface area contributed by atoms with Crippen LogP contribution in [-0.4, -0.2) is 0 Å². The Balaban J connectivity index is 2.57. The molecule has 0 atom stereocenters. The summed E-state index contributed by atoms with van der Waals surface area (Å²) in [6.07, 6.45) is 0. The first kappa shape index (κ1) is 12.9. The van der Waals surface area contributed by atoms with Crippen LogP contribution in [0.1, 0.15) is 0 Å². The zero-order valence-corrected chi connectivity index (χ0v) is 14.0. The maximum absolute atomic E-state index is 3.29. The number of benzene rings is 2. The van der Waals surface area contributed by atoms with Crippen LogP contribution in [0.15, 0.2) is 36.4 Å². The lowest BCUT2D eigenvalue weighted by atomic mass is 10.1. The summed E-state index contributed by atoms with van der Waals surface area (Å²) in [5, 5.41) is 2.48. The minimum Gasteiger partial charge on any atom is -0.320 e. The van der Waals surface area contributed by atoms with E-state index in [1.165, 1.54) is 10.8 Å². The van der Waals surface area contributed by atoms with Crippen molar-refractivity contribution in [1.29, 1.82) is 0 Å². The van der Waals surface area contributed by atoms with Gasteiger partial charge in [-0.05, 0) is 12.1 Å². The Morgan fingerprint density at radius 3 is 1.56 bits per heavy atom. The van der Waals surface area contributed by atoms with E-state index in [0.29, 0.717) is 0 Å². The van der Waals surface area contributed by atoms with Gasteiger partial charge < -0.3 is 9.44 Å². The summed E-state index contributed by atoms with van der Waals surface area (Å²) >= 11 is 4.47. The molecule has 2 aromatic carbocycles. The van der Waals surface area contributed by atoms with Gasteiger partial charge in [0.2, 0.25) is 0 Å². The Morgan fingerprint density at radius 1 is 0.750 bits per heavy atom. The van der Waals surface area contributed by atoms with Crippen molar-refractivity contribution in [3.05, 3.63) is 36.4 Å². The lowest BCUT2D eigenvalue weighted by molar-refractivity contribution is 1.71. The number of fused-ring (bicyclic) bond motifs is 1. The van der Waals surface area contributed by atoms with E-state index in [4.69, 9.17) is 0 Å². The van der Waals surface area contributed by atoms with Crippen molar-refractivity contribution in [2.45, 2.75) is 0 Å². The molecule has 0 unspecified atom stereocenters. The summed E-state index contributed by atoms with van der Waals surface area (Å²) < 4.78 is 6.57. The number of hydrogen-bond donors (Lipinski definition) is 2. The van der Waals surface area contributed by atoms with Crippen molar-refractivity contribution >= 4 is 82.8 Å². The second-order valence-corrected chi connectivity index (χ2v) is 6.42. The highest BCUT2D eigenvalue weighted by Crippen LogP contribution is 2.33. The fourth-order valence-corrected chi connectivity index (χ4v) is 3.52. The second kappa shape index (κ2) is 6.41. The minimum absolute atomic E-state index is 1.15. The molecular formula is C10H8I2N2S2. The van der Waals surface area contributed by atoms with Crippen LogP contribution in [0, 0.1) is 0 Å². The molecule has 0 aromatic heterocycles. The average molecular weight is 474 g/mol. The highest BCUT2D eigenvalue weighted by molar-refractivity contribution is 14.2. The third kappa shape index (κ3) is 2.82. The highest BCUT2D eigenvalue weighted by Gasteiger charge is 2.03. The van der Waals surface area contributed by atoms with Crippen molar-refractivity contribution < 1.29 is 0 Å². The molecule has 0 spiro atoms. The van der Waals surface area contributed by atoms with Gasteiger partial charge in [0.05, 0.1) is 11.4 Å². The molecule has 0 saturated heterocycles. The molecule has 84 valence electrons. The molecule has 0 aliphatic heterocycles. The topological polar surface area (TPSA) is 24.1 Å². The van der Waals surface area contributed by atoms with Crippen LogP contribution in [0.5, 0.6) is 0 Å². The number of nitrogens with one attached hydrogen (secondary N) is 2. The fourth-order valence-electron chi connectivity index (χ4n) is 1.57. The largest absolute Gasteiger partial charge is 0.320 e. The SMILES string of the molecule is ISNc1cccc2c(NSI)cccc12. The average Bonchev–Trinajstić information content (AvgIpc) is 2.31. The number of anilines is 2. The fraction of sp³-hybridized carbons (Fsp3) is 0. The zero-order valence-electron chi connectivity index (χ0n) is 8.04. The standard InChI is InChI=1S/C10H8I2N2S2/c11-15-13-9-5-1-3-7-8(9)4-2-6-10(7)14-16-12/h1-6,13-14H. The highest BCUT2D eigenvalue weighted by atomic mass is 127. The van der Waals surface area contributed by atoms with Gasteiger partial charge in [0.1, 0.15) is 0 Å². The molecule has 0 aliphatic rings. The minimum atomic E-state index is 1.15. The quantitative estimate of drug-likeness (QED) is 0.442. The van der Waals surface area contributed by atoms with Crippen LogP contribution < -0.4 is 9.44 Å². The summed E-state index contributed by atoms with van der Waals surface area (Å²) in [7, 11) is 3.16. The predicted molar refractivity (Wildman–Crippen MR) is 94.4 cm³/mol. The Bertz CT molecular complexity index is 448. The van der Waals surface area contributed by atoms with E-state index in [1.807, 2.05) is 0 Å². The maximum atomic E-state index is 3.29. The van der Waals surface area contributed by atoms with Gasteiger partial charge in [-0.2, -0.15) is 0 Å². The molecule has 0 amide bonds. The van der Waals surface area contributed by atoms with Gasteiger partial charge in [-0.3, -0.25) is 0 Å². The number of hydrogen-bond acceptors (Lipinski definition) is 4. The van der Waals surface area contributed by atoms with E-state index in [1.54, 1.807) is 18.2 Å². The van der Waals surface area contributed by atoms with E-state index in [0.717, 1.165) is 11.4 Å². The first-order valence-corrected chi connectivity index (χ1v) is 11.2. The van der Waals surface area contributed by atoms with Crippen LogP contribution in [0.4, 0.5) is 11.4 Å². The normalized spacial score (nSPS) is 10.4. The van der Waals surface area contributed by atoms with Crippen LogP contribution in [0.25, 0.3) is 10.8 Å². The summed E-state index contributed by atoms with van der Waals surface area (Å²) in [5.41, 5.74) is 2.30. The van der Waals surface area contributed by atoms with Crippen LogP contribution >= 0.6 is 60.6 Å². The summed E-state index contributed by atoms with van der Waals surface area (Å²) in [6.45, 7) is 0. The van der Waals surface area contributed by atoms with Gasteiger partial charge in [0.25, 0.3) is 0 Å². The van der Waals surface area contributed by atoms with Gasteiger partial charge >= 0.3 is 0 Å². The first-order chi connectivity index (χ1) is 7.86. The van der Waals surface area contributed by atoms with Gasteiger partial charge in [-0.15, -0.1) is 0 Å². The molecule has 2 rings (SSSR count). The van der Waals surface area contributed by atoms with Gasteiger partial charge in [0.15, 0.2) is 0 Å². The van der Waals surface area contributed by atoms with E-state index in [2.05, 4.69) is 88.3 Å². The Hall–Kier alpha value is 0.460. The monoisotopic (exact) mass is 474 g/mol. The molecule has 16 heavy (non-hydrogen) atoms. The zero-order chi connectivity index (χ0) is 11.4. The molecule has 0 heterocycles. The van der Waals surface area contributed by atoms with Gasteiger partial charge in [-0.1, -0.05) is 24.3 Å². The molecule has 0 radical (unpaired) electrons. The molecule has 0 saturated carbocycles. The molecular weight excluding hydrogens is 466 g/mol. The Labute approximate surface area is 127 Å². The van der Waals surface area contributed by atoms with Crippen molar-refractivity contribution in [2.75, 3.05) is 9.44 Å². The van der Waals surface area contributed by atoms with Crippen molar-refractivity contribution in [2.24, 2.45) is 0 Å². The van der Waals surface area contributed by atoms with Crippen molar-refractivity contribution in [1.82, 2.24) is 0 Å². The molecule has 0 fully saturated rings. The molecule has 0 aliphatic carbocycles. The molecule has 6 heteroatoms. The van der Waals surface area contributed by atoms with E-state index in [-0.39, 0.29) is 0 Å². The van der Waals surface area contributed by atoms with Crippen LogP contribution in [0.2, 0.25) is 0 Å². The number of halogens is 2. The van der Waals surface area contributed by atoms with E-state index in [9.17, 15) is 0 Å². The van der Waals surface area contributed by atoms with Crippen LogP contribution in [-0.2, 0) is 0 Å². The van der Waals surface area contributed by atoms with E-state index >= 15 is 0 Å². The first-order valence-electron chi connectivity index (χ1n) is 4.45. The molecule has 0 bridgehead atoms. The third-order valence-electron chi connectivity index (χ3n) is 2.22. The van der Waals surface area contributed by atoms with Crippen molar-refractivity contribution in [3.63, 3.8) is 0 Å². The lowest BCUT2D eigenvalue weighted by Crippen LogP contribution is -1.88. The van der Waals surface area contributed by atoms with E-state index < -0.39 is 0 Å². The maximum Gasteiger partial charge on any atom is 0.0526 e. The van der Waals surface area contributed by atoms with Crippen molar-refractivity contribution in [3.8, 4) is 0 Å². The molecule has 2 aromatic rings. The second-order valence-electron chi connectivity index (χ2n) is 3.06. The van der Waals surface area contributed by atoms with Gasteiger partial charge in [-0.25, -0.2) is 0 Å². The lowest BCUT2D eigenvalue weighted by Gasteiger charge is -2.10. The Kier molecular flexibility index (Phi) is 5.17. The van der Waals surface area contributed by atoms with Crippen LogP contribution in [0.3, 0.4) is 0 Å². The smallest absolute Gasteiger partial charge is 0.0526 e. The number of rotatable bonds is 4. The van der Waals surface area contributed by atoms with Gasteiger partial charge in [0, 0.05) is 71.4 Å². The molecule has 2 N–H and O–H groups in total. The predicted octanol–water partition coefficient (Wildman–Crippen LogP) is 5.66. The summed E-state index contributed by atoms with van der Waals surface area (Å²) in [4.78, 5) is 0. The molecule has 2 nitrogen and oxygen atoms in total. The summed E-state index contributed by atoms with van der Waals surface area (Å²) in [6, 6.07) is 12.6.